The predicted octanol–water partition coefficient (Wildman–Crippen LogP) is 4.50. The number of fused-ring (bicyclic) bond motifs is 1. The van der Waals surface area contributed by atoms with Crippen molar-refractivity contribution < 1.29 is 26.8 Å². The van der Waals surface area contributed by atoms with Crippen molar-refractivity contribution in [1.82, 2.24) is 14.5 Å². The van der Waals surface area contributed by atoms with E-state index < -0.39 is 15.9 Å². The average Bonchev–Trinajstić information content (AvgIpc) is 3.52. The molecule has 4 aromatic rings. The van der Waals surface area contributed by atoms with Gasteiger partial charge in [0, 0.05) is 24.0 Å². The van der Waals surface area contributed by atoms with Crippen LogP contribution in [0.2, 0.25) is 0 Å². The Kier molecular flexibility index (Phi) is 7.32. The van der Waals surface area contributed by atoms with Crippen LogP contribution in [0.3, 0.4) is 0 Å². The molecule has 2 aromatic heterocycles. The number of hydrogen-bond donors (Lipinski definition) is 1. The van der Waals surface area contributed by atoms with E-state index in [0.29, 0.717) is 23.7 Å². The van der Waals surface area contributed by atoms with Crippen molar-refractivity contribution in [2.24, 2.45) is 0 Å². The van der Waals surface area contributed by atoms with Crippen molar-refractivity contribution in [3.05, 3.63) is 79.4 Å². The van der Waals surface area contributed by atoms with Gasteiger partial charge in [0.15, 0.2) is 17.1 Å². The standard InChI is InChI=1S/C25H24N4O6S/c1-4-14-29(15-5-2)36(31,32)19-12-10-17(11-13-19)23(30)26-25-28-27-24(35-25)21-16-18-8-7-9-20(33-6-3)22(18)34-21/h4-5,7-13,16H,1-2,6,14-15H2,3H3,(H,26,28,30). The summed E-state index contributed by atoms with van der Waals surface area (Å²) in [7, 11) is -3.77. The van der Waals surface area contributed by atoms with Crippen LogP contribution in [0.5, 0.6) is 5.75 Å². The Morgan fingerprint density at radius 1 is 1.08 bits per heavy atom. The van der Waals surface area contributed by atoms with Crippen LogP contribution in [0.15, 0.2) is 87.6 Å². The molecule has 0 aliphatic carbocycles. The third-order valence-electron chi connectivity index (χ3n) is 5.08. The van der Waals surface area contributed by atoms with E-state index in [4.69, 9.17) is 13.6 Å². The Morgan fingerprint density at radius 2 is 1.81 bits per heavy atom. The van der Waals surface area contributed by atoms with Gasteiger partial charge in [-0.3, -0.25) is 10.1 Å². The van der Waals surface area contributed by atoms with E-state index in [1.54, 1.807) is 12.1 Å². The second kappa shape index (κ2) is 10.6. The number of benzene rings is 2. The number of anilines is 1. The fourth-order valence-electron chi connectivity index (χ4n) is 3.44. The minimum Gasteiger partial charge on any atom is -0.490 e. The highest BCUT2D eigenvalue weighted by Gasteiger charge is 2.23. The number of carbonyl (C=O) groups is 1. The number of furan rings is 1. The van der Waals surface area contributed by atoms with Crippen molar-refractivity contribution in [2.75, 3.05) is 25.0 Å². The third kappa shape index (κ3) is 5.07. The first-order valence-corrected chi connectivity index (χ1v) is 12.4. The monoisotopic (exact) mass is 508 g/mol. The molecule has 1 N–H and O–H groups in total. The fraction of sp³-hybridized carbons (Fsp3) is 0.160. The first-order chi connectivity index (χ1) is 17.4. The van der Waals surface area contributed by atoms with E-state index >= 15 is 0 Å². The highest BCUT2D eigenvalue weighted by molar-refractivity contribution is 7.89. The number of amides is 1. The molecular weight excluding hydrogens is 484 g/mol. The van der Waals surface area contributed by atoms with E-state index in [0.717, 1.165) is 5.39 Å². The molecule has 36 heavy (non-hydrogen) atoms. The zero-order valence-electron chi connectivity index (χ0n) is 19.5. The number of nitrogens with one attached hydrogen (secondary N) is 1. The normalized spacial score (nSPS) is 11.5. The molecule has 0 aliphatic heterocycles. The van der Waals surface area contributed by atoms with Gasteiger partial charge in [0.05, 0.1) is 11.5 Å². The molecular formula is C25H24N4O6S. The summed E-state index contributed by atoms with van der Waals surface area (Å²) in [6, 6.07) is 12.6. The first kappa shape index (κ1) is 24.9. The molecule has 0 bridgehead atoms. The van der Waals surface area contributed by atoms with Crippen LogP contribution in [0.4, 0.5) is 6.01 Å². The van der Waals surface area contributed by atoms with Crippen LogP contribution in [0, 0.1) is 0 Å². The summed E-state index contributed by atoms with van der Waals surface area (Å²) in [6.07, 6.45) is 2.98. The maximum absolute atomic E-state index is 12.8. The van der Waals surface area contributed by atoms with Crippen LogP contribution < -0.4 is 10.1 Å². The Labute approximate surface area is 207 Å². The van der Waals surface area contributed by atoms with Crippen molar-refractivity contribution >= 4 is 32.9 Å². The van der Waals surface area contributed by atoms with Gasteiger partial charge in [-0.15, -0.1) is 18.3 Å². The van der Waals surface area contributed by atoms with Crippen LogP contribution in [-0.2, 0) is 10.0 Å². The Balaban J connectivity index is 1.49. The lowest BCUT2D eigenvalue weighted by Crippen LogP contribution is -2.31. The molecule has 2 aromatic carbocycles. The van der Waals surface area contributed by atoms with Crippen LogP contribution in [0.1, 0.15) is 17.3 Å². The minimum absolute atomic E-state index is 0.0409. The first-order valence-electron chi connectivity index (χ1n) is 11.0. The van der Waals surface area contributed by atoms with Gasteiger partial charge < -0.3 is 13.6 Å². The quantitative estimate of drug-likeness (QED) is 0.293. The maximum atomic E-state index is 12.8. The van der Waals surface area contributed by atoms with E-state index in [2.05, 4.69) is 28.7 Å². The molecule has 0 radical (unpaired) electrons. The lowest BCUT2D eigenvalue weighted by Gasteiger charge is -2.19. The van der Waals surface area contributed by atoms with Crippen LogP contribution >= 0.6 is 0 Å². The molecule has 0 aliphatic rings. The highest BCUT2D eigenvalue weighted by Crippen LogP contribution is 2.33. The molecule has 10 nitrogen and oxygen atoms in total. The molecule has 0 spiro atoms. The van der Waals surface area contributed by atoms with E-state index in [-0.39, 0.29) is 35.5 Å². The third-order valence-corrected chi connectivity index (χ3v) is 6.93. The fourth-order valence-corrected chi connectivity index (χ4v) is 4.82. The largest absolute Gasteiger partial charge is 0.490 e. The number of rotatable bonds is 11. The molecule has 186 valence electrons. The van der Waals surface area contributed by atoms with Gasteiger partial charge in [-0.25, -0.2) is 8.42 Å². The molecule has 4 rings (SSSR count). The number of sulfonamides is 1. The molecule has 0 saturated carbocycles. The van der Waals surface area contributed by atoms with Gasteiger partial charge in [0.25, 0.3) is 11.8 Å². The second-order valence-electron chi connectivity index (χ2n) is 7.51. The minimum atomic E-state index is -3.77. The zero-order chi connectivity index (χ0) is 25.7. The molecule has 0 unspecified atom stereocenters. The van der Waals surface area contributed by atoms with Gasteiger partial charge in [-0.2, -0.15) is 4.31 Å². The maximum Gasteiger partial charge on any atom is 0.322 e. The zero-order valence-corrected chi connectivity index (χ0v) is 20.3. The molecule has 0 fully saturated rings. The van der Waals surface area contributed by atoms with E-state index in [9.17, 15) is 13.2 Å². The number of para-hydroxylation sites is 1. The van der Waals surface area contributed by atoms with Crippen molar-refractivity contribution in [1.29, 1.82) is 0 Å². The van der Waals surface area contributed by atoms with Crippen LogP contribution in [0.25, 0.3) is 22.6 Å². The highest BCUT2D eigenvalue weighted by atomic mass is 32.2. The number of carbonyl (C=O) groups excluding carboxylic acids is 1. The average molecular weight is 509 g/mol. The Hall–Kier alpha value is -4.22. The van der Waals surface area contributed by atoms with E-state index in [1.165, 1.54) is 40.7 Å². The SMILES string of the molecule is C=CCN(CC=C)S(=O)(=O)c1ccc(C(=O)Nc2nnc(-c3cc4cccc(OCC)c4o3)o2)cc1. The van der Waals surface area contributed by atoms with Crippen molar-refractivity contribution in [2.45, 2.75) is 11.8 Å². The summed E-state index contributed by atoms with van der Waals surface area (Å²) >= 11 is 0. The van der Waals surface area contributed by atoms with Crippen molar-refractivity contribution in [3.63, 3.8) is 0 Å². The van der Waals surface area contributed by atoms with Crippen molar-refractivity contribution in [3.8, 4) is 17.4 Å². The smallest absolute Gasteiger partial charge is 0.322 e. The second-order valence-corrected chi connectivity index (χ2v) is 9.45. The predicted molar refractivity (Wildman–Crippen MR) is 134 cm³/mol. The Morgan fingerprint density at radius 3 is 2.47 bits per heavy atom. The summed E-state index contributed by atoms with van der Waals surface area (Å²) in [5.41, 5.74) is 0.755. The van der Waals surface area contributed by atoms with Gasteiger partial charge >= 0.3 is 6.01 Å². The number of aromatic nitrogens is 2. The van der Waals surface area contributed by atoms with Gasteiger partial charge in [0.2, 0.25) is 10.0 Å². The lowest BCUT2D eigenvalue weighted by molar-refractivity contribution is 0.102. The summed E-state index contributed by atoms with van der Waals surface area (Å²) in [6.45, 7) is 9.80. The molecule has 0 atom stereocenters. The summed E-state index contributed by atoms with van der Waals surface area (Å²) in [5.74, 6) is 0.446. The molecule has 1 amide bonds. The lowest BCUT2D eigenvalue weighted by atomic mass is 10.2. The van der Waals surface area contributed by atoms with Gasteiger partial charge in [0.1, 0.15) is 0 Å². The topological polar surface area (TPSA) is 128 Å². The summed E-state index contributed by atoms with van der Waals surface area (Å²) in [4.78, 5) is 12.7. The number of hydrogen-bond acceptors (Lipinski definition) is 8. The number of ether oxygens (including phenoxy) is 1. The molecule has 2 heterocycles. The van der Waals surface area contributed by atoms with E-state index in [1.807, 2.05) is 19.1 Å². The van der Waals surface area contributed by atoms with Crippen LogP contribution in [-0.4, -0.2) is 48.5 Å². The summed E-state index contributed by atoms with van der Waals surface area (Å²) < 4.78 is 43.8. The molecule has 11 heteroatoms. The van der Waals surface area contributed by atoms with Gasteiger partial charge in [-0.1, -0.05) is 29.4 Å². The Bertz CT molecular complexity index is 1500. The number of nitrogens with zero attached hydrogens (tertiary/aromatic N) is 3. The summed E-state index contributed by atoms with van der Waals surface area (Å²) in [5, 5.41) is 11.1. The molecule has 0 saturated heterocycles. The van der Waals surface area contributed by atoms with Gasteiger partial charge in [-0.05, 0) is 43.3 Å².